The first-order valence-corrected chi connectivity index (χ1v) is 7.82. The van der Waals surface area contributed by atoms with Crippen LogP contribution in [-0.4, -0.2) is 9.59 Å². The van der Waals surface area contributed by atoms with Gasteiger partial charge in [0.2, 0.25) is 0 Å². The van der Waals surface area contributed by atoms with E-state index < -0.39 is 0 Å². The molecule has 16 heavy (non-hydrogen) atoms. The fourth-order valence-electron chi connectivity index (χ4n) is 2.07. The van der Waals surface area contributed by atoms with Gasteiger partial charge in [-0.05, 0) is 53.5 Å². The van der Waals surface area contributed by atoms with E-state index in [-0.39, 0.29) is 0 Å². The van der Waals surface area contributed by atoms with Crippen molar-refractivity contribution < 1.29 is 0 Å². The maximum absolute atomic E-state index is 3.88. The summed E-state index contributed by atoms with van der Waals surface area (Å²) < 4.78 is 5.27. The summed E-state index contributed by atoms with van der Waals surface area (Å²) in [5.41, 5.74) is 1.48. The van der Waals surface area contributed by atoms with Crippen molar-refractivity contribution >= 4 is 50.5 Å². The van der Waals surface area contributed by atoms with E-state index in [0.29, 0.717) is 6.04 Å². The standard InChI is InChI=1S/C10H10IN3S2/c11-9-4-6-7(2-1-3-8(6)15-9)13-10-5-12-14-16-10/h4-5,7,13H,1-3H2. The van der Waals surface area contributed by atoms with Crippen LogP contribution in [0.15, 0.2) is 12.3 Å². The molecule has 1 aliphatic carbocycles. The Morgan fingerprint density at radius 3 is 3.25 bits per heavy atom. The molecule has 1 atom stereocenters. The Morgan fingerprint density at radius 1 is 1.50 bits per heavy atom. The van der Waals surface area contributed by atoms with Gasteiger partial charge < -0.3 is 5.32 Å². The Bertz CT molecular complexity index is 480. The zero-order valence-corrected chi connectivity index (χ0v) is 12.2. The topological polar surface area (TPSA) is 37.8 Å². The second-order valence-corrected chi connectivity index (χ2v) is 7.62. The fourth-order valence-corrected chi connectivity index (χ4v) is 4.66. The average molecular weight is 363 g/mol. The SMILES string of the molecule is Ic1cc2c(s1)CCCC2Nc1cnns1. The zero-order chi connectivity index (χ0) is 11.0. The summed E-state index contributed by atoms with van der Waals surface area (Å²) in [6.07, 6.45) is 5.52. The van der Waals surface area contributed by atoms with E-state index in [0.717, 1.165) is 5.00 Å². The normalized spacial score (nSPS) is 19.4. The molecule has 84 valence electrons. The molecule has 0 saturated carbocycles. The Hall–Kier alpha value is -0.210. The van der Waals surface area contributed by atoms with E-state index in [2.05, 4.69) is 43.6 Å². The molecule has 1 N–H and O–H groups in total. The van der Waals surface area contributed by atoms with Crippen LogP contribution in [0.25, 0.3) is 0 Å². The van der Waals surface area contributed by atoms with Gasteiger partial charge >= 0.3 is 0 Å². The van der Waals surface area contributed by atoms with E-state index in [1.165, 1.54) is 39.2 Å². The van der Waals surface area contributed by atoms with Crippen molar-refractivity contribution in [1.29, 1.82) is 0 Å². The van der Waals surface area contributed by atoms with Crippen LogP contribution in [0.5, 0.6) is 0 Å². The Kier molecular flexibility index (Phi) is 3.12. The Labute approximate surface area is 116 Å². The second kappa shape index (κ2) is 4.58. The van der Waals surface area contributed by atoms with Gasteiger partial charge in [-0.15, -0.1) is 16.4 Å². The average Bonchev–Trinajstić information content (AvgIpc) is 2.86. The third-order valence-corrected chi connectivity index (χ3v) is 5.33. The predicted octanol–water partition coefficient (Wildman–Crippen LogP) is 3.69. The lowest BCUT2D eigenvalue weighted by Gasteiger charge is -2.23. The molecule has 0 fully saturated rings. The van der Waals surface area contributed by atoms with Crippen molar-refractivity contribution in [3.8, 4) is 0 Å². The van der Waals surface area contributed by atoms with Crippen LogP contribution in [0.2, 0.25) is 0 Å². The van der Waals surface area contributed by atoms with Gasteiger partial charge in [-0.1, -0.05) is 4.49 Å². The maximum atomic E-state index is 3.88. The number of fused-ring (bicyclic) bond motifs is 1. The Balaban J connectivity index is 1.87. The molecule has 0 spiro atoms. The molecule has 2 heterocycles. The number of aryl methyl sites for hydroxylation is 1. The number of rotatable bonds is 2. The van der Waals surface area contributed by atoms with Gasteiger partial charge in [0.25, 0.3) is 0 Å². The number of aromatic nitrogens is 2. The van der Waals surface area contributed by atoms with Gasteiger partial charge in [0.05, 0.1) is 15.1 Å². The van der Waals surface area contributed by atoms with Gasteiger partial charge in [0, 0.05) is 16.4 Å². The number of thiophene rings is 1. The van der Waals surface area contributed by atoms with Crippen LogP contribution >= 0.6 is 45.5 Å². The van der Waals surface area contributed by atoms with Gasteiger partial charge in [-0.25, -0.2) is 0 Å². The highest BCUT2D eigenvalue weighted by Crippen LogP contribution is 2.38. The van der Waals surface area contributed by atoms with Crippen LogP contribution in [0.4, 0.5) is 5.00 Å². The summed E-state index contributed by atoms with van der Waals surface area (Å²) in [6, 6.07) is 2.76. The van der Waals surface area contributed by atoms with Crippen molar-refractivity contribution in [3.63, 3.8) is 0 Å². The summed E-state index contributed by atoms with van der Waals surface area (Å²) in [5, 5.41) is 8.45. The summed E-state index contributed by atoms with van der Waals surface area (Å²) >= 11 is 5.76. The molecule has 0 aliphatic heterocycles. The van der Waals surface area contributed by atoms with Crippen molar-refractivity contribution in [2.24, 2.45) is 0 Å². The molecule has 1 unspecified atom stereocenters. The van der Waals surface area contributed by atoms with E-state index in [1.54, 1.807) is 11.1 Å². The molecule has 0 aromatic carbocycles. The zero-order valence-electron chi connectivity index (χ0n) is 8.44. The molecule has 0 amide bonds. The molecule has 3 rings (SSSR count). The molecule has 1 aliphatic rings. The number of halogens is 1. The molecule has 2 aromatic heterocycles. The molecule has 0 bridgehead atoms. The highest BCUT2D eigenvalue weighted by atomic mass is 127. The van der Waals surface area contributed by atoms with Crippen LogP contribution in [-0.2, 0) is 6.42 Å². The minimum atomic E-state index is 0.450. The largest absolute Gasteiger partial charge is 0.367 e. The summed E-state index contributed by atoms with van der Waals surface area (Å²) in [5.74, 6) is 0. The molecular weight excluding hydrogens is 353 g/mol. The fraction of sp³-hybridized carbons (Fsp3) is 0.400. The number of anilines is 1. The number of nitrogens with zero attached hydrogens (tertiary/aromatic N) is 2. The summed E-state index contributed by atoms with van der Waals surface area (Å²) in [6.45, 7) is 0. The molecule has 0 radical (unpaired) electrons. The van der Waals surface area contributed by atoms with Crippen LogP contribution < -0.4 is 5.32 Å². The highest BCUT2D eigenvalue weighted by Gasteiger charge is 2.22. The lowest BCUT2D eigenvalue weighted by atomic mass is 9.94. The monoisotopic (exact) mass is 363 g/mol. The lowest BCUT2D eigenvalue weighted by molar-refractivity contribution is 0.610. The van der Waals surface area contributed by atoms with Gasteiger partial charge in [-0.2, -0.15) is 0 Å². The van der Waals surface area contributed by atoms with Gasteiger partial charge in [-0.3, -0.25) is 0 Å². The van der Waals surface area contributed by atoms with E-state index in [1.807, 2.05) is 11.3 Å². The van der Waals surface area contributed by atoms with Crippen molar-refractivity contribution in [1.82, 2.24) is 9.59 Å². The number of hydrogen-bond donors (Lipinski definition) is 1. The first kappa shape index (κ1) is 10.9. The van der Waals surface area contributed by atoms with Crippen molar-refractivity contribution in [2.75, 3.05) is 5.32 Å². The van der Waals surface area contributed by atoms with Gasteiger partial charge in [0.15, 0.2) is 0 Å². The third-order valence-electron chi connectivity index (χ3n) is 2.76. The molecule has 3 nitrogen and oxygen atoms in total. The van der Waals surface area contributed by atoms with Crippen LogP contribution in [0.1, 0.15) is 29.3 Å². The Morgan fingerprint density at radius 2 is 2.44 bits per heavy atom. The van der Waals surface area contributed by atoms with Crippen molar-refractivity contribution in [2.45, 2.75) is 25.3 Å². The van der Waals surface area contributed by atoms with Crippen molar-refractivity contribution in [3.05, 3.63) is 25.6 Å². The molecule has 2 aromatic rings. The molecule has 0 saturated heterocycles. The summed E-state index contributed by atoms with van der Waals surface area (Å²) in [4.78, 5) is 1.55. The second-order valence-electron chi connectivity index (χ2n) is 3.80. The number of nitrogens with one attached hydrogen (secondary N) is 1. The maximum Gasteiger partial charge on any atom is 0.130 e. The number of hydrogen-bond acceptors (Lipinski definition) is 5. The van der Waals surface area contributed by atoms with E-state index >= 15 is 0 Å². The van der Waals surface area contributed by atoms with Crippen LogP contribution in [0, 0.1) is 2.88 Å². The third kappa shape index (κ3) is 2.10. The predicted molar refractivity (Wildman–Crippen MR) is 76.2 cm³/mol. The lowest BCUT2D eigenvalue weighted by Crippen LogP contribution is -2.14. The van der Waals surface area contributed by atoms with Gasteiger partial charge in [0.1, 0.15) is 5.00 Å². The minimum Gasteiger partial charge on any atom is -0.367 e. The van der Waals surface area contributed by atoms with E-state index in [9.17, 15) is 0 Å². The van der Waals surface area contributed by atoms with E-state index in [4.69, 9.17) is 0 Å². The first-order valence-electron chi connectivity index (χ1n) is 5.15. The highest BCUT2D eigenvalue weighted by molar-refractivity contribution is 14.1. The first-order chi connectivity index (χ1) is 7.83. The van der Waals surface area contributed by atoms with Crippen LogP contribution in [0.3, 0.4) is 0 Å². The molecule has 6 heteroatoms. The quantitative estimate of drug-likeness (QED) is 0.827. The minimum absolute atomic E-state index is 0.450. The molecular formula is C10H10IN3S2. The smallest absolute Gasteiger partial charge is 0.130 e. The summed E-state index contributed by atoms with van der Waals surface area (Å²) in [7, 11) is 0.